The van der Waals surface area contributed by atoms with E-state index in [0.717, 1.165) is 0 Å². The number of hydrogen-bond donors (Lipinski definition) is 0. The van der Waals surface area contributed by atoms with E-state index in [1.165, 1.54) is 0 Å². The summed E-state index contributed by atoms with van der Waals surface area (Å²) in [5.74, 6) is 0. The Hall–Kier alpha value is -0.920. The summed E-state index contributed by atoms with van der Waals surface area (Å²) in [6.45, 7) is 0. The van der Waals surface area contributed by atoms with Gasteiger partial charge in [-0.25, -0.2) is 0 Å². The van der Waals surface area contributed by atoms with Crippen LogP contribution in [0.5, 0.6) is 0 Å². The molecule has 0 fully saturated rings. The Morgan fingerprint density at radius 2 is 1.14 bits per heavy atom. The molecule has 0 spiro atoms. The standard InChI is InChI=1S/C12H10N3OP.Cl3OP/c13-14-15-17(16,11-7-3-1-4-8-11)12-9-5-2-6-10-12;1-5(2,3)4/h1-10H;. The fraction of sp³-hybridized carbons (Fsp3) is 0. The third-order valence-corrected chi connectivity index (χ3v) is 4.71. The first-order valence-corrected chi connectivity index (χ1v) is 11.8. The molecular formula is C12H10Cl3N3O2P2. The number of azide groups is 1. The molecule has 22 heavy (non-hydrogen) atoms. The summed E-state index contributed by atoms with van der Waals surface area (Å²) in [6.07, 6.45) is 0. The summed E-state index contributed by atoms with van der Waals surface area (Å²) < 4.78 is 22.3. The molecule has 0 saturated carbocycles. The lowest BCUT2D eigenvalue weighted by Crippen LogP contribution is -2.13. The van der Waals surface area contributed by atoms with E-state index in [1.54, 1.807) is 48.5 Å². The van der Waals surface area contributed by atoms with E-state index in [1.807, 2.05) is 12.1 Å². The van der Waals surface area contributed by atoms with Crippen molar-refractivity contribution in [2.75, 3.05) is 0 Å². The van der Waals surface area contributed by atoms with Gasteiger partial charge in [0.1, 0.15) is 0 Å². The molecule has 0 aliphatic heterocycles. The zero-order valence-corrected chi connectivity index (χ0v) is 15.0. The lowest BCUT2D eigenvalue weighted by atomic mass is 10.4. The normalized spacial score (nSPS) is 10.9. The van der Waals surface area contributed by atoms with E-state index in [-0.39, 0.29) is 0 Å². The number of hydrogen-bond acceptors (Lipinski definition) is 2. The highest BCUT2D eigenvalue weighted by Gasteiger charge is 2.25. The zero-order valence-electron chi connectivity index (χ0n) is 11.0. The van der Waals surface area contributed by atoms with E-state index in [4.69, 9.17) is 5.53 Å². The van der Waals surface area contributed by atoms with Gasteiger partial charge in [0, 0.05) is 15.5 Å². The second-order valence-corrected chi connectivity index (χ2v) is 12.8. The van der Waals surface area contributed by atoms with Crippen LogP contribution in [0.25, 0.3) is 10.4 Å². The summed E-state index contributed by atoms with van der Waals surface area (Å²) in [5, 5.41) is -2.13. The van der Waals surface area contributed by atoms with Crippen LogP contribution in [0.15, 0.2) is 65.5 Å². The number of rotatable bonds is 3. The molecule has 2 aromatic rings. The quantitative estimate of drug-likeness (QED) is 0.274. The molecule has 0 aliphatic carbocycles. The second kappa shape index (κ2) is 8.64. The molecule has 0 saturated heterocycles. The van der Waals surface area contributed by atoms with Gasteiger partial charge in [-0.2, -0.15) is 0 Å². The molecule has 0 radical (unpaired) electrons. The Kier molecular flexibility index (Phi) is 7.52. The largest absolute Gasteiger partial charge is 0.339 e. The first kappa shape index (κ1) is 19.1. The van der Waals surface area contributed by atoms with Crippen LogP contribution in [0.1, 0.15) is 0 Å². The molecule has 0 heterocycles. The monoisotopic (exact) mass is 395 g/mol. The van der Waals surface area contributed by atoms with Crippen molar-refractivity contribution in [3.8, 4) is 0 Å². The van der Waals surface area contributed by atoms with Crippen molar-refractivity contribution < 1.29 is 9.13 Å². The van der Waals surface area contributed by atoms with E-state index >= 15 is 0 Å². The number of halogens is 3. The maximum absolute atomic E-state index is 12.8. The van der Waals surface area contributed by atoms with Crippen molar-refractivity contribution in [2.24, 2.45) is 4.88 Å². The lowest BCUT2D eigenvalue weighted by Gasteiger charge is -2.12. The Labute approximate surface area is 142 Å². The molecule has 5 nitrogen and oxygen atoms in total. The van der Waals surface area contributed by atoms with Gasteiger partial charge in [0.25, 0.3) is 0 Å². The molecule has 0 N–H and O–H groups in total. The van der Waals surface area contributed by atoms with Gasteiger partial charge < -0.3 is 4.57 Å². The SMILES string of the molecule is O=P(Cl)(Cl)Cl.[N-]=[N+]=NP(=O)(c1ccccc1)c1ccccc1. The van der Waals surface area contributed by atoms with Gasteiger partial charge >= 0.3 is 5.20 Å². The van der Waals surface area contributed by atoms with Gasteiger partial charge in [-0.3, -0.25) is 4.57 Å². The van der Waals surface area contributed by atoms with Crippen LogP contribution in [0.4, 0.5) is 0 Å². The highest BCUT2D eigenvalue weighted by atomic mass is 36.0. The summed E-state index contributed by atoms with van der Waals surface area (Å²) >= 11 is 13.8. The molecule has 0 aliphatic rings. The average Bonchev–Trinajstić information content (AvgIpc) is 2.47. The highest BCUT2D eigenvalue weighted by Crippen LogP contribution is 2.61. The van der Waals surface area contributed by atoms with Crippen molar-refractivity contribution in [3.63, 3.8) is 0 Å². The van der Waals surface area contributed by atoms with Crippen LogP contribution < -0.4 is 10.6 Å². The van der Waals surface area contributed by atoms with Crippen LogP contribution in [-0.4, -0.2) is 0 Å². The highest BCUT2D eigenvalue weighted by molar-refractivity contribution is 8.24. The molecule has 0 unspecified atom stereocenters. The van der Waals surface area contributed by atoms with Crippen LogP contribution in [0.3, 0.4) is 0 Å². The van der Waals surface area contributed by atoms with Crippen LogP contribution >= 0.6 is 46.2 Å². The fourth-order valence-corrected chi connectivity index (χ4v) is 3.34. The molecule has 116 valence electrons. The van der Waals surface area contributed by atoms with Crippen molar-refractivity contribution >= 4 is 56.8 Å². The minimum atomic E-state index is -3.22. The van der Waals surface area contributed by atoms with Gasteiger partial charge in [0.15, 0.2) is 0 Å². The third kappa shape index (κ3) is 6.46. The van der Waals surface area contributed by atoms with Crippen LogP contribution in [0, 0.1) is 0 Å². The Balaban J connectivity index is 0.000000422. The minimum absolute atomic E-state index is 0.545. The van der Waals surface area contributed by atoms with Gasteiger partial charge in [0.2, 0.25) is 7.29 Å². The number of nitrogens with zero attached hydrogens (tertiary/aromatic N) is 3. The van der Waals surface area contributed by atoms with E-state index in [9.17, 15) is 9.13 Å². The van der Waals surface area contributed by atoms with E-state index in [0.29, 0.717) is 10.6 Å². The van der Waals surface area contributed by atoms with Gasteiger partial charge in [0.05, 0.1) is 0 Å². The fourth-order valence-electron chi connectivity index (χ4n) is 1.57. The van der Waals surface area contributed by atoms with Crippen molar-refractivity contribution in [1.29, 1.82) is 0 Å². The summed E-state index contributed by atoms with van der Waals surface area (Å²) in [6, 6.07) is 17.6. The van der Waals surface area contributed by atoms with Crippen LogP contribution in [0.2, 0.25) is 0 Å². The molecule has 2 aromatic carbocycles. The number of benzene rings is 2. The molecule has 0 atom stereocenters. The van der Waals surface area contributed by atoms with Crippen LogP contribution in [-0.2, 0) is 9.13 Å². The Bertz CT molecular complexity index is 695. The van der Waals surface area contributed by atoms with Gasteiger partial charge in [-0.1, -0.05) is 60.7 Å². The molecule has 0 amide bonds. The van der Waals surface area contributed by atoms with Gasteiger partial charge in [-0.15, -0.1) is 0 Å². The minimum Gasteiger partial charge on any atom is -0.307 e. The maximum atomic E-state index is 12.8. The van der Waals surface area contributed by atoms with E-state index < -0.39 is 12.5 Å². The lowest BCUT2D eigenvalue weighted by molar-refractivity contribution is 0.587. The predicted octanol–water partition coefficient (Wildman–Crippen LogP) is 6.04. The zero-order chi connectivity index (χ0) is 16.6. The summed E-state index contributed by atoms with van der Waals surface area (Å²) in [7, 11) is -3.22. The average molecular weight is 397 g/mol. The predicted molar refractivity (Wildman–Crippen MR) is 94.1 cm³/mol. The summed E-state index contributed by atoms with van der Waals surface area (Å²) in [5.41, 5.74) is 8.61. The van der Waals surface area contributed by atoms with Crippen molar-refractivity contribution in [3.05, 3.63) is 71.1 Å². The first-order valence-electron chi connectivity index (χ1n) is 5.74. The molecule has 10 heteroatoms. The smallest absolute Gasteiger partial charge is 0.307 e. The maximum Gasteiger partial charge on any atom is 0.339 e. The molecular weight excluding hydrogens is 386 g/mol. The molecule has 2 rings (SSSR count). The topological polar surface area (TPSA) is 82.9 Å². The van der Waals surface area contributed by atoms with E-state index in [2.05, 4.69) is 43.5 Å². The summed E-state index contributed by atoms with van der Waals surface area (Å²) in [4.78, 5) is 6.26. The second-order valence-electron chi connectivity index (χ2n) is 3.82. The molecule has 0 aromatic heterocycles. The van der Waals surface area contributed by atoms with Gasteiger partial charge in [-0.05, 0) is 44.1 Å². The Morgan fingerprint density at radius 1 is 0.818 bits per heavy atom. The third-order valence-electron chi connectivity index (χ3n) is 2.38. The van der Waals surface area contributed by atoms with Crippen molar-refractivity contribution in [1.82, 2.24) is 0 Å². The first-order chi connectivity index (χ1) is 10.3. The Morgan fingerprint density at radius 3 is 1.41 bits per heavy atom. The van der Waals surface area contributed by atoms with Crippen molar-refractivity contribution in [2.45, 2.75) is 0 Å². The molecule has 0 bridgehead atoms.